The van der Waals surface area contributed by atoms with Crippen molar-refractivity contribution >= 4 is 11.8 Å². The zero-order valence-electron chi connectivity index (χ0n) is 17.7. The highest BCUT2D eigenvalue weighted by Gasteiger charge is 2.32. The number of carbonyl (C=O) groups is 2. The van der Waals surface area contributed by atoms with E-state index in [1.165, 1.54) is 0 Å². The molecule has 9 nitrogen and oxygen atoms in total. The summed E-state index contributed by atoms with van der Waals surface area (Å²) in [6.07, 6.45) is 4.10. The summed E-state index contributed by atoms with van der Waals surface area (Å²) < 4.78 is 16.5. The van der Waals surface area contributed by atoms with Gasteiger partial charge in [0.1, 0.15) is 6.10 Å². The zero-order valence-corrected chi connectivity index (χ0v) is 17.7. The normalized spacial score (nSPS) is 21.7. The lowest BCUT2D eigenvalue weighted by Crippen LogP contribution is -2.51. The van der Waals surface area contributed by atoms with E-state index in [2.05, 4.69) is 15.6 Å². The topological polar surface area (TPSA) is 119 Å². The van der Waals surface area contributed by atoms with Gasteiger partial charge in [-0.15, -0.1) is 0 Å². The van der Waals surface area contributed by atoms with Crippen LogP contribution in [0.2, 0.25) is 0 Å². The molecular weight excluding hydrogens is 414 g/mol. The first-order chi connectivity index (χ1) is 15.6. The fourth-order valence-corrected chi connectivity index (χ4v) is 3.92. The van der Waals surface area contributed by atoms with Crippen LogP contribution in [0.25, 0.3) is 0 Å². The van der Waals surface area contributed by atoms with Gasteiger partial charge >= 0.3 is 0 Å². The van der Waals surface area contributed by atoms with Crippen LogP contribution in [-0.2, 0) is 27.3 Å². The number of aliphatic hydroxyl groups is 1. The molecule has 4 rings (SSSR count). The summed E-state index contributed by atoms with van der Waals surface area (Å²) in [5, 5.41) is 15.6. The van der Waals surface area contributed by atoms with Crippen molar-refractivity contribution in [2.75, 3.05) is 13.4 Å². The number of rotatable bonds is 8. The molecule has 2 amide bonds. The molecule has 170 valence electrons. The van der Waals surface area contributed by atoms with Crippen molar-refractivity contribution in [2.24, 2.45) is 0 Å². The molecule has 3 heterocycles. The molecule has 2 aliphatic rings. The first-order valence-electron chi connectivity index (χ1n) is 10.7. The van der Waals surface area contributed by atoms with Gasteiger partial charge < -0.3 is 30.0 Å². The Morgan fingerprint density at radius 2 is 1.97 bits per heavy atom. The number of amides is 2. The second-order valence-corrected chi connectivity index (χ2v) is 7.94. The van der Waals surface area contributed by atoms with Gasteiger partial charge in [-0.25, -0.2) is 0 Å². The van der Waals surface area contributed by atoms with Crippen molar-refractivity contribution in [1.82, 2.24) is 15.6 Å². The van der Waals surface area contributed by atoms with Crippen molar-refractivity contribution in [3.63, 3.8) is 0 Å². The minimum absolute atomic E-state index is 0.136. The second-order valence-electron chi connectivity index (χ2n) is 7.94. The molecule has 3 atom stereocenters. The third kappa shape index (κ3) is 5.74. The smallest absolute Gasteiger partial charge is 0.231 e. The Morgan fingerprint density at radius 3 is 2.78 bits per heavy atom. The monoisotopic (exact) mass is 441 g/mol. The third-order valence-corrected chi connectivity index (χ3v) is 5.57. The number of hydrogen-bond donors (Lipinski definition) is 3. The van der Waals surface area contributed by atoms with E-state index in [-0.39, 0.29) is 50.2 Å². The molecule has 0 saturated carbocycles. The highest BCUT2D eigenvalue weighted by molar-refractivity contribution is 5.79. The number of fused-ring (bicyclic) bond motifs is 1. The van der Waals surface area contributed by atoms with Gasteiger partial charge in [-0.3, -0.25) is 14.6 Å². The molecule has 32 heavy (non-hydrogen) atoms. The summed E-state index contributed by atoms with van der Waals surface area (Å²) >= 11 is 0. The van der Waals surface area contributed by atoms with Crippen molar-refractivity contribution in [2.45, 2.75) is 50.5 Å². The maximum atomic E-state index is 12.4. The Kier molecular flexibility index (Phi) is 7.18. The van der Waals surface area contributed by atoms with E-state index in [0.717, 1.165) is 11.1 Å². The molecule has 1 fully saturated rings. The Balaban J connectivity index is 1.22. The molecule has 0 spiro atoms. The van der Waals surface area contributed by atoms with E-state index < -0.39 is 6.10 Å². The molecule has 9 heteroatoms. The van der Waals surface area contributed by atoms with E-state index in [1.54, 1.807) is 18.5 Å². The lowest BCUT2D eigenvalue weighted by molar-refractivity contribution is -0.135. The molecule has 0 radical (unpaired) electrons. The Morgan fingerprint density at radius 1 is 1.09 bits per heavy atom. The number of aromatic nitrogens is 1. The molecule has 1 aromatic carbocycles. The van der Waals surface area contributed by atoms with E-state index >= 15 is 0 Å². The number of hydrogen-bond acceptors (Lipinski definition) is 7. The van der Waals surface area contributed by atoms with Crippen LogP contribution < -0.4 is 20.1 Å². The molecule has 0 bridgehead atoms. The number of nitrogens with zero attached hydrogens (tertiary/aromatic N) is 1. The average molecular weight is 441 g/mol. The minimum Gasteiger partial charge on any atom is -0.454 e. The molecular formula is C23H27N3O6. The fourth-order valence-electron chi connectivity index (χ4n) is 3.92. The summed E-state index contributed by atoms with van der Waals surface area (Å²) in [5.74, 6) is 1.09. The van der Waals surface area contributed by atoms with E-state index in [9.17, 15) is 14.7 Å². The molecule has 1 aromatic heterocycles. The summed E-state index contributed by atoms with van der Waals surface area (Å²) in [4.78, 5) is 28.7. The Hall–Kier alpha value is -3.17. The van der Waals surface area contributed by atoms with Crippen LogP contribution in [0, 0.1) is 0 Å². The van der Waals surface area contributed by atoms with Crippen LogP contribution in [0.15, 0.2) is 42.7 Å². The standard InChI is InChI=1S/C23H27N3O6/c27-13-21-18(26-23(29)9-15-2-1-7-24-11-15)5-4-17(32-21)10-22(28)25-12-16-3-6-19-20(8-16)31-14-30-19/h1-3,6-8,11,17-18,21,27H,4-5,9-10,12-14H2,(H,25,28)(H,26,29)/t17-,18+,21-/m1/s1. The number of carbonyl (C=O) groups excluding carboxylic acids is 2. The Labute approximate surface area is 186 Å². The zero-order chi connectivity index (χ0) is 22.3. The van der Waals surface area contributed by atoms with E-state index in [1.807, 2.05) is 24.3 Å². The minimum atomic E-state index is -0.548. The van der Waals surface area contributed by atoms with Crippen LogP contribution in [0.4, 0.5) is 0 Å². The SMILES string of the molecule is O=C(C[C@H]1CC[C@H](NC(=O)Cc2cccnc2)[C@@H](CO)O1)NCc1ccc2c(c1)OCO2. The van der Waals surface area contributed by atoms with Crippen LogP contribution in [0.1, 0.15) is 30.4 Å². The van der Waals surface area contributed by atoms with Gasteiger partial charge in [0, 0.05) is 18.9 Å². The first kappa shape index (κ1) is 22.0. The number of ether oxygens (including phenoxy) is 3. The van der Waals surface area contributed by atoms with Gasteiger partial charge in [0.2, 0.25) is 18.6 Å². The lowest BCUT2D eigenvalue weighted by atomic mass is 9.96. The maximum Gasteiger partial charge on any atom is 0.231 e. The van der Waals surface area contributed by atoms with Gasteiger partial charge in [0.05, 0.1) is 31.6 Å². The highest BCUT2D eigenvalue weighted by atomic mass is 16.7. The van der Waals surface area contributed by atoms with Crippen LogP contribution in [0.3, 0.4) is 0 Å². The number of nitrogens with one attached hydrogen (secondary N) is 2. The second kappa shape index (κ2) is 10.4. The van der Waals surface area contributed by atoms with Gasteiger partial charge in [0.15, 0.2) is 11.5 Å². The maximum absolute atomic E-state index is 12.4. The van der Waals surface area contributed by atoms with Gasteiger partial charge in [-0.05, 0) is 42.2 Å². The van der Waals surface area contributed by atoms with Gasteiger partial charge in [-0.1, -0.05) is 12.1 Å². The predicted octanol–water partition coefficient (Wildman–Crippen LogP) is 1.08. The summed E-state index contributed by atoms with van der Waals surface area (Å²) in [7, 11) is 0. The number of pyridine rings is 1. The Bertz CT molecular complexity index is 939. The first-order valence-corrected chi connectivity index (χ1v) is 10.7. The van der Waals surface area contributed by atoms with Crippen molar-refractivity contribution in [3.05, 3.63) is 53.9 Å². The predicted molar refractivity (Wildman–Crippen MR) is 114 cm³/mol. The van der Waals surface area contributed by atoms with Crippen molar-refractivity contribution < 1.29 is 28.9 Å². The average Bonchev–Trinajstić information content (AvgIpc) is 3.27. The summed E-state index contributed by atoms with van der Waals surface area (Å²) in [6, 6.07) is 8.88. The van der Waals surface area contributed by atoms with Crippen LogP contribution in [-0.4, -0.2) is 53.6 Å². The van der Waals surface area contributed by atoms with Gasteiger partial charge in [0.25, 0.3) is 0 Å². The molecule has 3 N–H and O–H groups in total. The lowest BCUT2D eigenvalue weighted by Gasteiger charge is -2.36. The molecule has 1 saturated heterocycles. The van der Waals surface area contributed by atoms with E-state index in [0.29, 0.717) is 30.9 Å². The molecule has 0 aliphatic carbocycles. The largest absolute Gasteiger partial charge is 0.454 e. The molecule has 0 unspecified atom stereocenters. The van der Waals surface area contributed by atoms with Crippen molar-refractivity contribution in [1.29, 1.82) is 0 Å². The van der Waals surface area contributed by atoms with Crippen LogP contribution >= 0.6 is 0 Å². The summed E-state index contributed by atoms with van der Waals surface area (Å²) in [6.45, 7) is 0.354. The van der Waals surface area contributed by atoms with Gasteiger partial charge in [-0.2, -0.15) is 0 Å². The van der Waals surface area contributed by atoms with E-state index in [4.69, 9.17) is 14.2 Å². The number of benzene rings is 1. The van der Waals surface area contributed by atoms with Crippen molar-refractivity contribution in [3.8, 4) is 11.5 Å². The van der Waals surface area contributed by atoms with Crippen LogP contribution in [0.5, 0.6) is 11.5 Å². The third-order valence-electron chi connectivity index (χ3n) is 5.57. The molecule has 2 aromatic rings. The summed E-state index contributed by atoms with van der Waals surface area (Å²) in [5.41, 5.74) is 1.73. The quantitative estimate of drug-likeness (QED) is 0.561. The fraction of sp³-hybridized carbons (Fsp3) is 0.435. The molecule has 2 aliphatic heterocycles. The highest BCUT2D eigenvalue weighted by Crippen LogP contribution is 2.32. The number of aliphatic hydroxyl groups excluding tert-OH is 1.